The average molecular weight is 276 g/mol. The summed E-state index contributed by atoms with van der Waals surface area (Å²) in [5, 5.41) is 8.70. The highest BCUT2D eigenvalue weighted by molar-refractivity contribution is 6.39. The number of hydrogen-bond donors (Lipinski definition) is 1. The normalized spacial score (nSPS) is 20.9. The van der Waals surface area contributed by atoms with E-state index < -0.39 is 23.5 Å². The molecule has 1 fully saturated rings. The van der Waals surface area contributed by atoms with Gasteiger partial charge in [0.25, 0.3) is 5.78 Å². The minimum absolute atomic E-state index is 0.269. The lowest BCUT2D eigenvalue weighted by atomic mass is 9.81. The molecule has 4 nitrogen and oxygen atoms in total. The summed E-state index contributed by atoms with van der Waals surface area (Å²) in [5.41, 5.74) is 1.07. The van der Waals surface area contributed by atoms with Gasteiger partial charge in [-0.1, -0.05) is 12.1 Å². The highest BCUT2D eigenvalue weighted by Crippen LogP contribution is 2.27. The monoisotopic (exact) mass is 276 g/mol. The molecule has 0 bridgehead atoms. The second kappa shape index (κ2) is 5.77. The molecule has 0 heterocycles. The molecular weight excluding hydrogens is 263 g/mol. The molecule has 1 aliphatic rings. The Kier molecular flexibility index (Phi) is 4.08. The van der Waals surface area contributed by atoms with Gasteiger partial charge in [0, 0.05) is 0 Å². The summed E-state index contributed by atoms with van der Waals surface area (Å²) in [6.07, 6.45) is 2.94. The van der Waals surface area contributed by atoms with Crippen molar-refractivity contribution in [3.05, 3.63) is 41.2 Å². The predicted molar refractivity (Wildman–Crippen MR) is 69.4 cm³/mol. The fourth-order valence-corrected chi connectivity index (χ4v) is 2.28. The van der Waals surface area contributed by atoms with Crippen molar-refractivity contribution in [2.24, 2.45) is 5.92 Å². The van der Waals surface area contributed by atoms with E-state index in [0.29, 0.717) is 24.0 Å². The third kappa shape index (κ3) is 2.99. The Hall–Kier alpha value is -2.30. The molecule has 104 valence electrons. The van der Waals surface area contributed by atoms with Crippen LogP contribution < -0.4 is 0 Å². The number of aliphatic carboxylic acids is 1. The third-order valence-corrected chi connectivity index (χ3v) is 3.31. The molecular formula is C15H13FO4. The number of carboxylic acids is 1. The van der Waals surface area contributed by atoms with Crippen LogP contribution in [0.25, 0.3) is 6.08 Å². The van der Waals surface area contributed by atoms with Crippen LogP contribution in [-0.4, -0.2) is 22.6 Å². The average Bonchev–Trinajstić information content (AvgIpc) is 2.42. The van der Waals surface area contributed by atoms with E-state index in [1.165, 1.54) is 24.3 Å². The molecule has 1 saturated carbocycles. The molecule has 0 radical (unpaired) electrons. The summed E-state index contributed by atoms with van der Waals surface area (Å²) < 4.78 is 12.8. The summed E-state index contributed by atoms with van der Waals surface area (Å²) in [4.78, 5) is 34.3. The number of carbonyl (C=O) groups is 3. The second-order valence-corrected chi connectivity index (χ2v) is 4.70. The Balaban J connectivity index is 2.24. The molecule has 0 saturated heterocycles. The standard InChI is InChI=1S/C15H13FO4/c16-11-6-4-9(5-7-11)8-10-2-1-3-12(13(10)17)14(18)15(19)20/h4-8,12H,1-3H2,(H,19,20). The van der Waals surface area contributed by atoms with Crippen molar-refractivity contribution >= 4 is 23.6 Å². The molecule has 2 rings (SSSR count). The van der Waals surface area contributed by atoms with Gasteiger partial charge in [0.1, 0.15) is 5.82 Å². The fourth-order valence-electron chi connectivity index (χ4n) is 2.28. The van der Waals surface area contributed by atoms with Gasteiger partial charge in [-0.25, -0.2) is 9.18 Å². The number of hydrogen-bond acceptors (Lipinski definition) is 3. The number of Topliss-reactive ketones (excluding diaryl/α,β-unsaturated/α-hetero) is 2. The molecule has 0 amide bonds. The lowest BCUT2D eigenvalue weighted by Gasteiger charge is -2.20. The highest BCUT2D eigenvalue weighted by Gasteiger charge is 2.35. The molecule has 1 aliphatic carbocycles. The molecule has 5 heteroatoms. The molecule has 20 heavy (non-hydrogen) atoms. The number of carboxylic acid groups (broad SMARTS) is 1. The van der Waals surface area contributed by atoms with Crippen LogP contribution in [-0.2, 0) is 14.4 Å². The summed E-state index contributed by atoms with van der Waals surface area (Å²) in [6, 6.07) is 5.61. The first kappa shape index (κ1) is 14.1. The van der Waals surface area contributed by atoms with E-state index in [9.17, 15) is 18.8 Å². The van der Waals surface area contributed by atoms with Gasteiger partial charge in [-0.05, 0) is 48.6 Å². The Labute approximate surface area is 114 Å². The maximum absolute atomic E-state index is 12.8. The van der Waals surface area contributed by atoms with E-state index in [2.05, 4.69) is 0 Å². The van der Waals surface area contributed by atoms with E-state index in [0.717, 1.165) is 0 Å². The quantitative estimate of drug-likeness (QED) is 0.522. The fraction of sp³-hybridized carbons (Fsp3) is 0.267. The third-order valence-electron chi connectivity index (χ3n) is 3.31. The van der Waals surface area contributed by atoms with Crippen LogP contribution in [0.1, 0.15) is 24.8 Å². The second-order valence-electron chi connectivity index (χ2n) is 4.70. The highest BCUT2D eigenvalue weighted by atomic mass is 19.1. The first-order valence-corrected chi connectivity index (χ1v) is 6.26. The van der Waals surface area contributed by atoms with Crippen molar-refractivity contribution in [2.75, 3.05) is 0 Å². The molecule has 0 aliphatic heterocycles. The van der Waals surface area contributed by atoms with Crippen LogP contribution in [0.3, 0.4) is 0 Å². The lowest BCUT2D eigenvalue weighted by Crippen LogP contribution is -2.33. The van der Waals surface area contributed by atoms with Gasteiger partial charge >= 0.3 is 5.97 Å². The van der Waals surface area contributed by atoms with Crippen molar-refractivity contribution in [3.8, 4) is 0 Å². The zero-order valence-corrected chi connectivity index (χ0v) is 10.6. The van der Waals surface area contributed by atoms with Crippen LogP contribution >= 0.6 is 0 Å². The van der Waals surface area contributed by atoms with Crippen molar-refractivity contribution in [1.82, 2.24) is 0 Å². The van der Waals surface area contributed by atoms with E-state index >= 15 is 0 Å². The molecule has 1 aromatic rings. The number of allylic oxidation sites excluding steroid dienone is 1. The Morgan fingerprint density at radius 3 is 2.50 bits per heavy atom. The summed E-state index contributed by atoms with van der Waals surface area (Å²) in [7, 11) is 0. The van der Waals surface area contributed by atoms with Crippen LogP contribution in [0.5, 0.6) is 0 Å². The van der Waals surface area contributed by atoms with Gasteiger partial charge in [0.2, 0.25) is 0 Å². The van der Waals surface area contributed by atoms with Gasteiger partial charge in [-0.3, -0.25) is 9.59 Å². The van der Waals surface area contributed by atoms with Crippen LogP contribution in [0.4, 0.5) is 4.39 Å². The maximum atomic E-state index is 12.8. The van der Waals surface area contributed by atoms with Gasteiger partial charge < -0.3 is 5.11 Å². The van der Waals surface area contributed by atoms with Gasteiger partial charge in [-0.15, -0.1) is 0 Å². The maximum Gasteiger partial charge on any atom is 0.372 e. The van der Waals surface area contributed by atoms with Gasteiger partial charge in [0.05, 0.1) is 5.92 Å². The minimum atomic E-state index is -1.58. The van der Waals surface area contributed by atoms with Crippen molar-refractivity contribution in [3.63, 3.8) is 0 Å². The number of benzene rings is 1. The van der Waals surface area contributed by atoms with Crippen molar-refractivity contribution in [1.29, 1.82) is 0 Å². The summed E-state index contributed by atoms with van der Waals surface area (Å²) in [6.45, 7) is 0. The van der Waals surface area contributed by atoms with Crippen molar-refractivity contribution < 1.29 is 23.9 Å². The van der Waals surface area contributed by atoms with Crippen LogP contribution in [0.2, 0.25) is 0 Å². The first-order valence-electron chi connectivity index (χ1n) is 6.26. The summed E-state index contributed by atoms with van der Waals surface area (Å²) in [5.74, 6) is -4.53. The Bertz CT molecular complexity index is 586. The molecule has 0 spiro atoms. The first-order chi connectivity index (χ1) is 9.49. The van der Waals surface area contributed by atoms with Crippen LogP contribution in [0, 0.1) is 11.7 Å². The topological polar surface area (TPSA) is 71.4 Å². The SMILES string of the molecule is O=C(O)C(=O)C1CCCC(=Cc2ccc(F)cc2)C1=O. The Morgan fingerprint density at radius 1 is 1.25 bits per heavy atom. The molecule has 1 aromatic carbocycles. The van der Waals surface area contributed by atoms with E-state index in [1.54, 1.807) is 6.08 Å². The zero-order valence-electron chi connectivity index (χ0n) is 10.6. The number of halogens is 1. The lowest BCUT2D eigenvalue weighted by molar-refractivity contribution is -0.153. The molecule has 0 aromatic heterocycles. The predicted octanol–water partition coefficient (Wildman–Crippen LogP) is 2.23. The zero-order chi connectivity index (χ0) is 14.7. The summed E-state index contributed by atoms with van der Waals surface area (Å²) >= 11 is 0. The van der Waals surface area contributed by atoms with E-state index in [4.69, 9.17) is 5.11 Å². The molecule has 1 N–H and O–H groups in total. The molecule has 1 atom stereocenters. The largest absolute Gasteiger partial charge is 0.475 e. The van der Waals surface area contributed by atoms with Gasteiger partial charge in [0.15, 0.2) is 5.78 Å². The van der Waals surface area contributed by atoms with E-state index in [-0.39, 0.29) is 12.2 Å². The van der Waals surface area contributed by atoms with E-state index in [1.807, 2.05) is 0 Å². The number of ketones is 2. The Morgan fingerprint density at radius 2 is 1.90 bits per heavy atom. The van der Waals surface area contributed by atoms with Gasteiger partial charge in [-0.2, -0.15) is 0 Å². The smallest absolute Gasteiger partial charge is 0.372 e. The molecule has 1 unspecified atom stereocenters. The minimum Gasteiger partial charge on any atom is -0.475 e. The number of carbonyl (C=O) groups excluding carboxylic acids is 2. The number of rotatable bonds is 3. The van der Waals surface area contributed by atoms with Crippen LogP contribution in [0.15, 0.2) is 29.8 Å². The van der Waals surface area contributed by atoms with Crippen molar-refractivity contribution in [2.45, 2.75) is 19.3 Å².